The molecule has 8 heteroatoms. The predicted molar refractivity (Wildman–Crippen MR) is 122 cm³/mol. The van der Waals surface area contributed by atoms with Crippen LogP contribution in [-0.4, -0.2) is 52.1 Å². The second-order valence-electron chi connectivity index (χ2n) is 8.92. The Kier molecular flexibility index (Phi) is 8.19. The summed E-state index contributed by atoms with van der Waals surface area (Å²) in [6.45, 7) is 9.28. The van der Waals surface area contributed by atoms with Crippen LogP contribution < -0.4 is 4.72 Å². The fourth-order valence-corrected chi connectivity index (χ4v) is 5.76. The van der Waals surface area contributed by atoms with Crippen LogP contribution in [0, 0.1) is 23.7 Å². The Morgan fingerprint density at radius 2 is 1.87 bits per heavy atom. The number of halogens is 1. The molecule has 0 saturated carbocycles. The van der Waals surface area contributed by atoms with Crippen LogP contribution in [0.3, 0.4) is 0 Å². The largest absolute Gasteiger partial charge is 0.378 e. The van der Waals surface area contributed by atoms with Gasteiger partial charge in [0.15, 0.2) is 0 Å². The molecule has 0 spiro atoms. The lowest BCUT2D eigenvalue weighted by Gasteiger charge is -2.38. The van der Waals surface area contributed by atoms with Crippen LogP contribution in [0.5, 0.6) is 0 Å². The minimum Gasteiger partial charge on any atom is -0.378 e. The monoisotopic (exact) mass is 468 g/mol. The average Bonchev–Trinajstić information content (AvgIpc) is 2.74. The molecular weight excluding hydrogens is 436 g/mol. The predicted octanol–water partition coefficient (Wildman–Crippen LogP) is 3.72. The first-order chi connectivity index (χ1) is 14.7. The van der Waals surface area contributed by atoms with Crippen molar-refractivity contribution in [1.29, 1.82) is 0 Å². The number of ether oxygens (including phenoxy) is 1. The van der Waals surface area contributed by atoms with E-state index in [1.165, 1.54) is 17.7 Å². The third-order valence-electron chi connectivity index (χ3n) is 6.50. The van der Waals surface area contributed by atoms with Crippen molar-refractivity contribution in [2.24, 2.45) is 23.7 Å². The third-order valence-corrected chi connectivity index (χ3v) is 8.19. The molecule has 1 amide bonds. The van der Waals surface area contributed by atoms with E-state index < -0.39 is 10.0 Å². The molecule has 0 bridgehead atoms. The number of morpholine rings is 1. The number of hydrogen-bond acceptors (Lipinski definition) is 4. The Morgan fingerprint density at radius 1 is 1.23 bits per heavy atom. The molecular formula is C23H33ClN2O4S. The van der Waals surface area contributed by atoms with Crippen LogP contribution in [0.1, 0.15) is 33.6 Å². The van der Waals surface area contributed by atoms with Crippen LogP contribution in [0.25, 0.3) is 0 Å². The molecule has 3 rings (SSSR count). The molecule has 1 N–H and O–H groups in total. The van der Waals surface area contributed by atoms with Crippen molar-refractivity contribution in [1.82, 2.24) is 9.62 Å². The molecule has 1 saturated heterocycles. The molecule has 0 aromatic heterocycles. The lowest BCUT2D eigenvalue weighted by Crippen LogP contribution is -2.42. The van der Waals surface area contributed by atoms with E-state index in [-0.39, 0.29) is 22.6 Å². The number of hydrogen-bond donors (Lipinski definition) is 1. The average molecular weight is 469 g/mol. The van der Waals surface area contributed by atoms with Gasteiger partial charge in [-0.3, -0.25) is 4.79 Å². The second kappa shape index (κ2) is 10.5. The number of allylic oxidation sites excluding steroid dienone is 1. The Morgan fingerprint density at radius 3 is 2.48 bits per heavy atom. The summed E-state index contributed by atoms with van der Waals surface area (Å²) in [7, 11) is -3.60. The van der Waals surface area contributed by atoms with Gasteiger partial charge in [0.1, 0.15) is 0 Å². The second-order valence-corrected chi connectivity index (χ2v) is 11.1. The maximum atomic E-state index is 12.8. The highest BCUT2D eigenvalue weighted by Crippen LogP contribution is 2.39. The zero-order valence-corrected chi connectivity index (χ0v) is 20.1. The molecule has 0 radical (unpaired) electrons. The summed E-state index contributed by atoms with van der Waals surface area (Å²) in [4.78, 5) is 14.9. The van der Waals surface area contributed by atoms with E-state index in [0.717, 1.165) is 6.42 Å². The van der Waals surface area contributed by atoms with Crippen LogP contribution in [-0.2, 0) is 19.6 Å². The van der Waals surface area contributed by atoms with Gasteiger partial charge in [0.05, 0.1) is 18.1 Å². The van der Waals surface area contributed by atoms with E-state index >= 15 is 0 Å². The normalized spacial score (nSPS) is 24.9. The first-order valence-corrected chi connectivity index (χ1v) is 12.8. The first-order valence-electron chi connectivity index (χ1n) is 11.0. The van der Waals surface area contributed by atoms with Gasteiger partial charge >= 0.3 is 0 Å². The Hall–Kier alpha value is -1.41. The summed E-state index contributed by atoms with van der Waals surface area (Å²) in [6, 6.07) is 6.18. The van der Waals surface area contributed by atoms with Crippen molar-refractivity contribution in [2.75, 3.05) is 32.8 Å². The van der Waals surface area contributed by atoms with Crippen LogP contribution in [0.4, 0.5) is 0 Å². The molecule has 1 aromatic carbocycles. The van der Waals surface area contributed by atoms with Crippen molar-refractivity contribution < 1.29 is 17.9 Å². The molecule has 0 unspecified atom stereocenters. The zero-order valence-electron chi connectivity index (χ0n) is 18.5. The molecule has 172 valence electrons. The molecule has 1 fully saturated rings. The van der Waals surface area contributed by atoms with Gasteiger partial charge in [-0.2, -0.15) is 0 Å². The van der Waals surface area contributed by atoms with Gasteiger partial charge < -0.3 is 9.64 Å². The fourth-order valence-electron chi connectivity index (χ4n) is 4.56. The number of amides is 1. The molecule has 3 atom stereocenters. The summed E-state index contributed by atoms with van der Waals surface area (Å²) >= 11 is 5.87. The van der Waals surface area contributed by atoms with Gasteiger partial charge in [-0.05, 0) is 61.3 Å². The Balaban J connectivity index is 1.67. The van der Waals surface area contributed by atoms with Gasteiger partial charge in [0.2, 0.25) is 15.9 Å². The summed E-state index contributed by atoms with van der Waals surface area (Å²) in [5.74, 6) is 1.17. The van der Waals surface area contributed by atoms with Gasteiger partial charge in [-0.15, -0.1) is 0 Å². The quantitative estimate of drug-likeness (QED) is 0.619. The molecule has 31 heavy (non-hydrogen) atoms. The van der Waals surface area contributed by atoms with Crippen molar-refractivity contribution in [2.45, 2.75) is 38.5 Å². The van der Waals surface area contributed by atoms with Crippen molar-refractivity contribution in [3.8, 4) is 0 Å². The number of benzene rings is 1. The third kappa shape index (κ3) is 6.31. The standard InChI is InChI=1S/C23H33ClN2O4S/c1-16(2)22-13-18(14-23(27)26-8-10-30-11-9-26)17(3)12-19(22)15-25-31(28,29)21-6-4-20(24)5-7-21/h4-7,12,16,18-19,22,25H,8-11,13-15H2,1-3H3/t18-,19-,22-/m0/s1. The Bertz CT molecular complexity index is 893. The highest BCUT2D eigenvalue weighted by molar-refractivity contribution is 7.89. The van der Waals surface area contributed by atoms with Crippen molar-refractivity contribution in [3.63, 3.8) is 0 Å². The lowest BCUT2D eigenvalue weighted by atomic mass is 9.70. The van der Waals surface area contributed by atoms with Crippen LogP contribution in [0.15, 0.2) is 40.8 Å². The molecule has 1 heterocycles. The molecule has 1 aliphatic heterocycles. The highest BCUT2D eigenvalue weighted by Gasteiger charge is 2.34. The van der Waals surface area contributed by atoms with Crippen molar-refractivity contribution >= 4 is 27.5 Å². The van der Waals surface area contributed by atoms with E-state index in [4.69, 9.17) is 16.3 Å². The highest BCUT2D eigenvalue weighted by atomic mass is 35.5. The maximum absolute atomic E-state index is 12.8. The molecule has 6 nitrogen and oxygen atoms in total. The van der Waals surface area contributed by atoms with E-state index in [1.54, 1.807) is 12.1 Å². The minimum absolute atomic E-state index is 0.0943. The number of nitrogens with one attached hydrogen (secondary N) is 1. The number of rotatable bonds is 7. The number of carbonyl (C=O) groups is 1. The topological polar surface area (TPSA) is 75.7 Å². The number of carbonyl (C=O) groups excluding carboxylic acids is 1. The first kappa shape index (κ1) is 24.2. The van der Waals surface area contributed by atoms with Crippen molar-refractivity contribution in [3.05, 3.63) is 40.9 Å². The minimum atomic E-state index is -3.60. The van der Waals surface area contributed by atoms with E-state index in [2.05, 4.69) is 31.6 Å². The zero-order chi connectivity index (χ0) is 22.6. The van der Waals surface area contributed by atoms with Gasteiger partial charge in [0.25, 0.3) is 0 Å². The molecule has 2 aliphatic rings. The number of sulfonamides is 1. The SMILES string of the molecule is CC1=C[C@@H](CNS(=O)(=O)c2ccc(Cl)cc2)[C@H](C(C)C)C[C@H]1CC(=O)N1CCOCC1. The summed E-state index contributed by atoms with van der Waals surface area (Å²) in [6.07, 6.45) is 3.58. The molecule has 1 aromatic rings. The maximum Gasteiger partial charge on any atom is 0.240 e. The molecule has 1 aliphatic carbocycles. The summed E-state index contributed by atoms with van der Waals surface area (Å²) in [5, 5.41) is 0.502. The van der Waals surface area contributed by atoms with Gasteiger partial charge in [0, 0.05) is 31.1 Å². The van der Waals surface area contributed by atoms with Gasteiger partial charge in [-0.1, -0.05) is 37.1 Å². The van der Waals surface area contributed by atoms with E-state index in [0.29, 0.717) is 56.1 Å². The number of nitrogens with zero attached hydrogens (tertiary/aromatic N) is 1. The fraction of sp³-hybridized carbons (Fsp3) is 0.609. The lowest BCUT2D eigenvalue weighted by molar-refractivity contribution is -0.136. The summed E-state index contributed by atoms with van der Waals surface area (Å²) < 4.78 is 33.5. The van der Waals surface area contributed by atoms with Gasteiger partial charge in [-0.25, -0.2) is 13.1 Å². The smallest absolute Gasteiger partial charge is 0.240 e. The van der Waals surface area contributed by atoms with E-state index in [9.17, 15) is 13.2 Å². The van der Waals surface area contributed by atoms with Crippen LogP contribution >= 0.6 is 11.6 Å². The Labute approximate surface area is 191 Å². The summed E-state index contributed by atoms with van der Waals surface area (Å²) in [5.41, 5.74) is 1.18. The van der Waals surface area contributed by atoms with E-state index in [1.807, 2.05) is 4.90 Å². The van der Waals surface area contributed by atoms with Crippen LogP contribution in [0.2, 0.25) is 5.02 Å².